The minimum Gasteiger partial charge on any atom is -0.408 e. The van der Waals surface area contributed by atoms with Crippen LogP contribution in [-0.2, 0) is 0 Å². The van der Waals surface area contributed by atoms with Gasteiger partial charge in [-0.25, -0.2) is 9.78 Å². The van der Waals surface area contributed by atoms with Crippen LogP contribution in [-0.4, -0.2) is 15.0 Å². The zero-order chi connectivity index (χ0) is 19.0. The van der Waals surface area contributed by atoms with Gasteiger partial charge in [-0.3, -0.25) is 4.98 Å². The number of nitrogens with one attached hydrogen (secondary N) is 3. The van der Waals surface area contributed by atoms with Gasteiger partial charge in [0.2, 0.25) is 5.95 Å². The van der Waals surface area contributed by atoms with Gasteiger partial charge in [0.1, 0.15) is 5.82 Å². The van der Waals surface area contributed by atoms with Crippen molar-refractivity contribution in [2.75, 3.05) is 10.6 Å². The number of benzene rings is 2. The molecular formula is C20H19N5O2. The number of aromatic nitrogens is 3. The average Bonchev–Trinajstić information content (AvgIpc) is 3.00. The lowest BCUT2D eigenvalue weighted by atomic mass is 10.1. The summed E-state index contributed by atoms with van der Waals surface area (Å²) < 4.78 is 5.03. The smallest absolute Gasteiger partial charge is 0.408 e. The molecule has 0 aliphatic heterocycles. The van der Waals surface area contributed by atoms with Crippen LogP contribution in [0.1, 0.15) is 16.7 Å². The van der Waals surface area contributed by atoms with E-state index >= 15 is 0 Å². The lowest BCUT2D eigenvalue weighted by Gasteiger charge is -2.13. The van der Waals surface area contributed by atoms with E-state index in [1.54, 1.807) is 18.3 Å². The first kappa shape index (κ1) is 16.8. The molecule has 0 aliphatic rings. The van der Waals surface area contributed by atoms with Gasteiger partial charge in [0.15, 0.2) is 5.58 Å². The van der Waals surface area contributed by atoms with Gasteiger partial charge in [0, 0.05) is 23.1 Å². The molecule has 0 saturated carbocycles. The van der Waals surface area contributed by atoms with Gasteiger partial charge in [0.05, 0.1) is 5.52 Å². The van der Waals surface area contributed by atoms with Crippen LogP contribution in [0.3, 0.4) is 0 Å². The number of oxazole rings is 1. The number of nitrogens with zero attached hydrogens (tertiary/aromatic N) is 2. The molecule has 4 aromatic rings. The maximum Gasteiger partial charge on any atom is 0.417 e. The Morgan fingerprint density at radius 2 is 1.78 bits per heavy atom. The van der Waals surface area contributed by atoms with E-state index in [0.29, 0.717) is 22.9 Å². The second-order valence-corrected chi connectivity index (χ2v) is 6.47. The molecule has 0 fully saturated rings. The summed E-state index contributed by atoms with van der Waals surface area (Å²) in [6.45, 7) is 6.02. The van der Waals surface area contributed by atoms with Crippen LogP contribution in [0.5, 0.6) is 0 Å². The molecule has 0 bridgehead atoms. The predicted molar refractivity (Wildman–Crippen MR) is 106 cm³/mol. The zero-order valence-electron chi connectivity index (χ0n) is 15.3. The largest absolute Gasteiger partial charge is 0.417 e. The molecule has 136 valence electrons. The Balaban J connectivity index is 1.64. The van der Waals surface area contributed by atoms with Gasteiger partial charge in [-0.15, -0.1) is 0 Å². The molecule has 2 aromatic carbocycles. The number of hydrogen-bond acceptors (Lipinski definition) is 6. The summed E-state index contributed by atoms with van der Waals surface area (Å²) in [7, 11) is 0. The van der Waals surface area contributed by atoms with Crippen molar-refractivity contribution in [3.05, 3.63) is 69.8 Å². The normalized spacial score (nSPS) is 10.9. The number of H-pyrrole nitrogens is 1. The second kappa shape index (κ2) is 6.60. The Hall–Kier alpha value is -3.61. The van der Waals surface area contributed by atoms with Crippen molar-refractivity contribution in [1.29, 1.82) is 0 Å². The number of rotatable bonds is 4. The summed E-state index contributed by atoms with van der Waals surface area (Å²) in [6, 6.07) is 11.5. The third-order valence-corrected chi connectivity index (χ3v) is 4.37. The van der Waals surface area contributed by atoms with Crippen molar-refractivity contribution >= 4 is 34.2 Å². The quantitative estimate of drug-likeness (QED) is 0.501. The standard InChI is InChI=1S/C20H19N5O2/c1-11-5-4-6-12(2)17(11)24-19-21-10-13(3)18(25-19)22-14-7-8-16-15(9-14)23-20(26)27-16/h4-10H,1-3H3,(H,23,26)(H2,21,22,24,25). The summed E-state index contributed by atoms with van der Waals surface area (Å²) in [6.07, 6.45) is 1.77. The third kappa shape index (κ3) is 3.39. The van der Waals surface area contributed by atoms with E-state index in [2.05, 4.69) is 25.6 Å². The highest BCUT2D eigenvalue weighted by molar-refractivity contribution is 5.78. The summed E-state index contributed by atoms with van der Waals surface area (Å²) in [5, 5.41) is 6.58. The van der Waals surface area contributed by atoms with E-state index in [1.807, 2.05) is 45.0 Å². The van der Waals surface area contributed by atoms with E-state index in [1.165, 1.54) is 0 Å². The van der Waals surface area contributed by atoms with E-state index < -0.39 is 5.76 Å². The fourth-order valence-electron chi connectivity index (χ4n) is 2.92. The fourth-order valence-corrected chi connectivity index (χ4v) is 2.92. The van der Waals surface area contributed by atoms with Crippen molar-refractivity contribution in [2.24, 2.45) is 0 Å². The molecule has 0 spiro atoms. The summed E-state index contributed by atoms with van der Waals surface area (Å²) >= 11 is 0. The van der Waals surface area contributed by atoms with Gasteiger partial charge in [-0.1, -0.05) is 18.2 Å². The lowest BCUT2D eigenvalue weighted by Crippen LogP contribution is -2.04. The third-order valence-electron chi connectivity index (χ3n) is 4.37. The molecule has 0 unspecified atom stereocenters. The summed E-state index contributed by atoms with van der Waals surface area (Å²) in [5.41, 5.74) is 6.10. The number of anilines is 4. The SMILES string of the molecule is Cc1cnc(Nc2c(C)cccc2C)nc1Nc1ccc2oc(=O)[nH]c2c1. The first-order valence-electron chi connectivity index (χ1n) is 8.56. The first-order valence-corrected chi connectivity index (χ1v) is 8.56. The van der Waals surface area contributed by atoms with E-state index in [-0.39, 0.29) is 0 Å². The van der Waals surface area contributed by atoms with Crippen LogP contribution in [0.2, 0.25) is 0 Å². The van der Waals surface area contributed by atoms with E-state index in [0.717, 1.165) is 28.1 Å². The number of para-hydroxylation sites is 1. The highest BCUT2D eigenvalue weighted by Gasteiger charge is 2.09. The van der Waals surface area contributed by atoms with Gasteiger partial charge in [-0.05, 0) is 50.1 Å². The molecule has 4 rings (SSSR count). The van der Waals surface area contributed by atoms with Crippen LogP contribution in [0.15, 0.2) is 51.8 Å². The van der Waals surface area contributed by atoms with Crippen LogP contribution in [0, 0.1) is 20.8 Å². The molecule has 0 aliphatic carbocycles. The predicted octanol–water partition coefficient (Wildman–Crippen LogP) is 4.32. The van der Waals surface area contributed by atoms with Crippen LogP contribution in [0.4, 0.5) is 23.1 Å². The molecule has 0 atom stereocenters. The average molecular weight is 361 g/mol. The molecule has 0 saturated heterocycles. The first-order chi connectivity index (χ1) is 13.0. The molecule has 27 heavy (non-hydrogen) atoms. The summed E-state index contributed by atoms with van der Waals surface area (Å²) in [5.74, 6) is 0.725. The highest BCUT2D eigenvalue weighted by atomic mass is 16.4. The van der Waals surface area contributed by atoms with Crippen molar-refractivity contribution in [1.82, 2.24) is 15.0 Å². The van der Waals surface area contributed by atoms with Gasteiger partial charge in [-0.2, -0.15) is 4.98 Å². The Labute approximate surface area is 155 Å². The Morgan fingerprint density at radius 1 is 1.00 bits per heavy atom. The van der Waals surface area contributed by atoms with Gasteiger partial charge < -0.3 is 15.1 Å². The zero-order valence-corrected chi connectivity index (χ0v) is 15.3. The van der Waals surface area contributed by atoms with Crippen molar-refractivity contribution in [2.45, 2.75) is 20.8 Å². The maximum absolute atomic E-state index is 11.3. The Bertz CT molecular complexity index is 1170. The molecule has 7 nitrogen and oxygen atoms in total. The monoisotopic (exact) mass is 361 g/mol. The number of aromatic amines is 1. The molecule has 0 amide bonds. The topological polar surface area (TPSA) is 95.8 Å². The Morgan fingerprint density at radius 3 is 2.56 bits per heavy atom. The fraction of sp³-hybridized carbons (Fsp3) is 0.150. The van der Waals surface area contributed by atoms with E-state index in [4.69, 9.17) is 4.42 Å². The molecular weight excluding hydrogens is 342 g/mol. The number of aryl methyl sites for hydroxylation is 3. The van der Waals surface area contributed by atoms with Crippen molar-refractivity contribution in [3.8, 4) is 0 Å². The minimum absolute atomic E-state index is 0.472. The van der Waals surface area contributed by atoms with E-state index in [9.17, 15) is 4.79 Å². The number of hydrogen-bond donors (Lipinski definition) is 3. The lowest BCUT2D eigenvalue weighted by molar-refractivity contribution is 0.555. The van der Waals surface area contributed by atoms with Gasteiger partial charge >= 0.3 is 5.76 Å². The minimum atomic E-state index is -0.472. The summed E-state index contributed by atoms with van der Waals surface area (Å²) in [4.78, 5) is 23.0. The van der Waals surface area contributed by atoms with Crippen LogP contribution < -0.4 is 16.4 Å². The van der Waals surface area contributed by atoms with Crippen LogP contribution >= 0.6 is 0 Å². The molecule has 3 N–H and O–H groups in total. The van der Waals surface area contributed by atoms with Gasteiger partial charge in [0.25, 0.3) is 0 Å². The number of fused-ring (bicyclic) bond motifs is 1. The van der Waals surface area contributed by atoms with Crippen molar-refractivity contribution < 1.29 is 4.42 Å². The van der Waals surface area contributed by atoms with Crippen molar-refractivity contribution in [3.63, 3.8) is 0 Å². The Kier molecular flexibility index (Phi) is 4.12. The van der Waals surface area contributed by atoms with Crippen LogP contribution in [0.25, 0.3) is 11.1 Å². The molecule has 0 radical (unpaired) electrons. The molecule has 2 heterocycles. The molecule has 2 aromatic heterocycles. The second-order valence-electron chi connectivity index (χ2n) is 6.47. The maximum atomic E-state index is 11.3. The molecule has 7 heteroatoms. The highest BCUT2D eigenvalue weighted by Crippen LogP contribution is 2.25.